The third kappa shape index (κ3) is 2.17. The summed E-state index contributed by atoms with van der Waals surface area (Å²) in [5, 5.41) is 4.48. The van der Waals surface area contributed by atoms with Crippen molar-refractivity contribution in [2.24, 2.45) is 12.8 Å². The lowest BCUT2D eigenvalue weighted by atomic mass is 10.2. The zero-order valence-electron chi connectivity index (χ0n) is 11.3. The molecule has 96 valence electrons. The van der Waals surface area contributed by atoms with Gasteiger partial charge in [-0.3, -0.25) is 4.68 Å². The summed E-state index contributed by atoms with van der Waals surface area (Å²) in [7, 11) is 6.30. The third-order valence-corrected chi connectivity index (χ3v) is 3.71. The van der Waals surface area contributed by atoms with Gasteiger partial charge in [-0.25, -0.2) is 0 Å². The Hall–Kier alpha value is -1.07. The van der Waals surface area contributed by atoms with Gasteiger partial charge in [0.2, 0.25) is 0 Å². The molecule has 2 N–H and O–H groups in total. The largest absolute Gasteiger partial charge is 0.355 e. The maximum Gasteiger partial charge on any atom is 0.131 e. The van der Waals surface area contributed by atoms with E-state index < -0.39 is 0 Å². The molecule has 0 radical (unpaired) electrons. The predicted molar refractivity (Wildman–Crippen MR) is 70.1 cm³/mol. The van der Waals surface area contributed by atoms with Crippen LogP contribution in [-0.4, -0.2) is 47.9 Å². The van der Waals surface area contributed by atoms with Crippen LogP contribution in [0.3, 0.4) is 0 Å². The molecule has 1 aromatic heterocycles. The Balaban J connectivity index is 2.24. The van der Waals surface area contributed by atoms with E-state index in [4.69, 9.17) is 5.73 Å². The molecular formula is C12H23N5. The van der Waals surface area contributed by atoms with Gasteiger partial charge in [-0.2, -0.15) is 5.10 Å². The first-order valence-corrected chi connectivity index (χ1v) is 6.18. The van der Waals surface area contributed by atoms with Gasteiger partial charge < -0.3 is 15.5 Å². The fraction of sp³-hybridized carbons (Fsp3) is 0.750. The van der Waals surface area contributed by atoms with E-state index in [9.17, 15) is 0 Å². The molecule has 1 fully saturated rings. The normalized spacial score (nSPS) is 20.6. The topological polar surface area (TPSA) is 50.3 Å². The van der Waals surface area contributed by atoms with Crippen LogP contribution >= 0.6 is 0 Å². The number of nitrogens with two attached hydrogens (primary N) is 1. The smallest absolute Gasteiger partial charge is 0.131 e. The molecule has 0 saturated carbocycles. The maximum absolute atomic E-state index is 5.84. The van der Waals surface area contributed by atoms with Crippen molar-refractivity contribution < 1.29 is 0 Å². The van der Waals surface area contributed by atoms with Gasteiger partial charge in [-0.1, -0.05) is 0 Å². The molecule has 0 spiro atoms. The van der Waals surface area contributed by atoms with E-state index in [1.807, 2.05) is 18.7 Å². The van der Waals surface area contributed by atoms with Gasteiger partial charge in [0.1, 0.15) is 5.82 Å². The number of anilines is 1. The number of aromatic nitrogens is 2. The second-order valence-corrected chi connectivity index (χ2v) is 5.07. The molecule has 5 nitrogen and oxygen atoms in total. The van der Waals surface area contributed by atoms with Crippen molar-refractivity contribution in [1.82, 2.24) is 14.7 Å². The first kappa shape index (κ1) is 12.4. The lowest BCUT2D eigenvalue weighted by Gasteiger charge is -2.22. The molecule has 1 atom stereocenters. The second-order valence-electron chi connectivity index (χ2n) is 5.07. The van der Waals surface area contributed by atoms with Crippen LogP contribution in [-0.2, 0) is 13.6 Å². The van der Waals surface area contributed by atoms with Crippen LogP contribution in [0.4, 0.5) is 5.82 Å². The highest BCUT2D eigenvalue weighted by Crippen LogP contribution is 2.27. The van der Waals surface area contributed by atoms with E-state index in [-0.39, 0.29) is 0 Å². The maximum atomic E-state index is 5.84. The fourth-order valence-corrected chi connectivity index (χ4v) is 2.68. The monoisotopic (exact) mass is 237 g/mol. The number of nitrogens with zero attached hydrogens (tertiary/aromatic N) is 4. The molecule has 1 aliphatic rings. The van der Waals surface area contributed by atoms with Crippen molar-refractivity contribution in [3.05, 3.63) is 11.3 Å². The average molecular weight is 237 g/mol. The van der Waals surface area contributed by atoms with E-state index >= 15 is 0 Å². The second kappa shape index (κ2) is 4.66. The number of hydrogen-bond donors (Lipinski definition) is 1. The van der Waals surface area contributed by atoms with E-state index in [1.165, 1.54) is 17.8 Å². The first-order valence-electron chi connectivity index (χ1n) is 6.18. The van der Waals surface area contributed by atoms with Gasteiger partial charge in [0, 0.05) is 38.3 Å². The van der Waals surface area contributed by atoms with Gasteiger partial charge in [0.05, 0.1) is 5.69 Å². The summed E-state index contributed by atoms with van der Waals surface area (Å²) in [6.07, 6.45) is 1.21. The van der Waals surface area contributed by atoms with Crippen molar-refractivity contribution in [3.8, 4) is 0 Å². The molecule has 1 saturated heterocycles. The Morgan fingerprint density at radius 1 is 1.47 bits per heavy atom. The van der Waals surface area contributed by atoms with E-state index in [1.54, 1.807) is 0 Å². The number of aryl methyl sites for hydroxylation is 2. The molecule has 0 bridgehead atoms. The van der Waals surface area contributed by atoms with Gasteiger partial charge in [-0.05, 0) is 27.4 Å². The molecule has 0 aliphatic carbocycles. The molecule has 2 heterocycles. The highest BCUT2D eigenvalue weighted by Gasteiger charge is 2.28. The van der Waals surface area contributed by atoms with Gasteiger partial charge in [0.15, 0.2) is 0 Å². The van der Waals surface area contributed by atoms with Crippen LogP contribution in [0.1, 0.15) is 17.7 Å². The molecule has 1 aliphatic heterocycles. The highest BCUT2D eigenvalue weighted by molar-refractivity contribution is 5.51. The lowest BCUT2D eigenvalue weighted by Crippen LogP contribution is -2.32. The quantitative estimate of drug-likeness (QED) is 0.823. The minimum atomic E-state index is 0.568. The summed E-state index contributed by atoms with van der Waals surface area (Å²) < 4.78 is 1.97. The minimum absolute atomic E-state index is 0.568. The fourth-order valence-electron chi connectivity index (χ4n) is 2.68. The SMILES string of the molecule is Cc1nn(C)c(N2CCC(N(C)C)C2)c1CN. The molecule has 1 unspecified atom stereocenters. The number of likely N-dealkylation sites (N-methyl/N-ethyl adjacent to an activating group) is 1. The Bertz CT molecular complexity index is 396. The molecular weight excluding hydrogens is 214 g/mol. The minimum Gasteiger partial charge on any atom is -0.355 e. The van der Waals surface area contributed by atoms with Crippen molar-refractivity contribution in [2.45, 2.75) is 25.9 Å². The van der Waals surface area contributed by atoms with E-state index in [2.05, 4.69) is 29.0 Å². The zero-order valence-corrected chi connectivity index (χ0v) is 11.3. The molecule has 5 heteroatoms. The van der Waals surface area contributed by atoms with Gasteiger partial charge >= 0.3 is 0 Å². The summed E-state index contributed by atoms with van der Waals surface area (Å²) in [4.78, 5) is 4.71. The van der Waals surface area contributed by atoms with Crippen molar-refractivity contribution in [1.29, 1.82) is 0 Å². The van der Waals surface area contributed by atoms with Crippen molar-refractivity contribution in [2.75, 3.05) is 32.1 Å². The summed E-state index contributed by atoms with van der Waals surface area (Å²) in [6.45, 7) is 4.76. The van der Waals surface area contributed by atoms with Crippen LogP contribution in [0.2, 0.25) is 0 Å². The van der Waals surface area contributed by atoms with Gasteiger partial charge in [0.25, 0.3) is 0 Å². The molecule has 2 rings (SSSR count). The van der Waals surface area contributed by atoms with Crippen LogP contribution in [0, 0.1) is 6.92 Å². The van der Waals surface area contributed by atoms with Crippen molar-refractivity contribution >= 4 is 5.82 Å². The van der Waals surface area contributed by atoms with Crippen molar-refractivity contribution in [3.63, 3.8) is 0 Å². The summed E-state index contributed by atoms with van der Waals surface area (Å²) in [6, 6.07) is 0.635. The molecule has 0 aromatic carbocycles. The lowest BCUT2D eigenvalue weighted by molar-refractivity contribution is 0.315. The molecule has 1 aromatic rings. The molecule has 0 amide bonds. The predicted octanol–water partition coefficient (Wildman–Crippen LogP) is 0.328. The summed E-state index contributed by atoms with van der Waals surface area (Å²) in [5.74, 6) is 1.20. The summed E-state index contributed by atoms with van der Waals surface area (Å²) in [5.41, 5.74) is 8.08. The van der Waals surface area contributed by atoms with Crippen LogP contribution in [0.15, 0.2) is 0 Å². The third-order valence-electron chi connectivity index (χ3n) is 3.71. The van der Waals surface area contributed by atoms with Gasteiger partial charge in [-0.15, -0.1) is 0 Å². The Morgan fingerprint density at radius 2 is 2.18 bits per heavy atom. The van der Waals surface area contributed by atoms with Crippen LogP contribution in [0.5, 0.6) is 0 Å². The summed E-state index contributed by atoms with van der Waals surface area (Å²) >= 11 is 0. The van der Waals surface area contributed by atoms with E-state index in [0.717, 1.165) is 18.8 Å². The first-order chi connectivity index (χ1) is 8.04. The Labute approximate surface area is 103 Å². The highest BCUT2D eigenvalue weighted by atomic mass is 15.4. The van der Waals surface area contributed by atoms with Crippen LogP contribution < -0.4 is 10.6 Å². The number of rotatable bonds is 3. The standard InChI is InChI=1S/C12H23N5/c1-9-11(7-13)12(16(4)14-9)17-6-5-10(8-17)15(2)3/h10H,5-8,13H2,1-4H3. The Morgan fingerprint density at radius 3 is 2.71 bits per heavy atom. The number of hydrogen-bond acceptors (Lipinski definition) is 4. The van der Waals surface area contributed by atoms with E-state index in [0.29, 0.717) is 12.6 Å². The molecule has 17 heavy (non-hydrogen) atoms. The zero-order chi connectivity index (χ0) is 12.6. The Kier molecular flexibility index (Phi) is 3.40. The average Bonchev–Trinajstić information content (AvgIpc) is 2.82. The van der Waals surface area contributed by atoms with Crippen LogP contribution in [0.25, 0.3) is 0 Å².